The van der Waals surface area contributed by atoms with Gasteiger partial charge in [0.05, 0.1) is 0 Å². The number of hydrogen-bond donors (Lipinski definition) is 2. The third kappa shape index (κ3) is 4.52. The van der Waals surface area contributed by atoms with Crippen LogP contribution in [-0.4, -0.2) is 16.5 Å². The lowest BCUT2D eigenvalue weighted by atomic mass is 10.1. The van der Waals surface area contributed by atoms with Crippen LogP contribution in [0.2, 0.25) is 0 Å². The predicted molar refractivity (Wildman–Crippen MR) is 79.1 cm³/mol. The molecule has 2 rings (SSSR count). The van der Waals surface area contributed by atoms with Gasteiger partial charge in [-0.05, 0) is 24.9 Å². The maximum atomic E-state index is 4.44. The first kappa shape index (κ1) is 13.8. The zero-order valence-corrected chi connectivity index (χ0v) is 12.0. The number of H-pyrrole nitrogens is 1. The Morgan fingerprint density at radius 1 is 1.32 bits per heavy atom. The fraction of sp³-hybridized carbons (Fsp3) is 0.438. The van der Waals surface area contributed by atoms with E-state index in [1.54, 1.807) is 0 Å². The third-order valence-corrected chi connectivity index (χ3v) is 3.00. The third-order valence-electron chi connectivity index (χ3n) is 3.00. The van der Waals surface area contributed by atoms with Crippen LogP contribution < -0.4 is 5.32 Å². The molecule has 1 heterocycles. The highest BCUT2D eigenvalue weighted by Crippen LogP contribution is 2.09. The van der Waals surface area contributed by atoms with Gasteiger partial charge in [-0.1, -0.05) is 43.7 Å². The van der Waals surface area contributed by atoms with Gasteiger partial charge in [0, 0.05) is 24.9 Å². The molecule has 1 aromatic heterocycles. The van der Waals surface area contributed by atoms with Crippen molar-refractivity contribution in [1.29, 1.82) is 0 Å². The van der Waals surface area contributed by atoms with Crippen LogP contribution in [0.25, 0.3) is 0 Å². The van der Waals surface area contributed by atoms with E-state index in [-0.39, 0.29) is 0 Å². The van der Waals surface area contributed by atoms with Gasteiger partial charge in [0.25, 0.3) is 0 Å². The average Bonchev–Trinajstić information content (AvgIpc) is 2.76. The van der Waals surface area contributed by atoms with E-state index in [1.807, 2.05) is 6.20 Å². The van der Waals surface area contributed by atoms with Crippen LogP contribution in [0.15, 0.2) is 30.5 Å². The SMILES string of the molecule is Cc1cccc(Cc2ncc(CNCC(C)C)[nH]2)c1. The summed E-state index contributed by atoms with van der Waals surface area (Å²) in [7, 11) is 0. The monoisotopic (exact) mass is 257 g/mol. The number of aromatic amines is 1. The minimum atomic E-state index is 0.676. The maximum Gasteiger partial charge on any atom is 0.110 e. The van der Waals surface area contributed by atoms with E-state index >= 15 is 0 Å². The molecule has 3 nitrogen and oxygen atoms in total. The van der Waals surface area contributed by atoms with Crippen molar-refractivity contribution in [3.63, 3.8) is 0 Å². The molecule has 2 N–H and O–H groups in total. The number of nitrogens with zero attached hydrogens (tertiary/aromatic N) is 1. The summed E-state index contributed by atoms with van der Waals surface area (Å²) in [6, 6.07) is 8.57. The molecule has 3 heteroatoms. The van der Waals surface area contributed by atoms with Crippen molar-refractivity contribution in [3.8, 4) is 0 Å². The van der Waals surface area contributed by atoms with Gasteiger partial charge >= 0.3 is 0 Å². The maximum absolute atomic E-state index is 4.44. The van der Waals surface area contributed by atoms with Gasteiger partial charge in [-0.25, -0.2) is 4.98 Å². The van der Waals surface area contributed by atoms with Crippen LogP contribution in [0.5, 0.6) is 0 Å². The highest BCUT2D eigenvalue weighted by molar-refractivity contribution is 5.25. The van der Waals surface area contributed by atoms with E-state index in [0.29, 0.717) is 5.92 Å². The summed E-state index contributed by atoms with van der Waals surface area (Å²) < 4.78 is 0. The van der Waals surface area contributed by atoms with Crippen LogP contribution in [0.1, 0.15) is 36.5 Å². The number of aromatic nitrogens is 2. The minimum Gasteiger partial charge on any atom is -0.345 e. The molecule has 0 fully saturated rings. The molecule has 0 radical (unpaired) electrons. The van der Waals surface area contributed by atoms with Crippen LogP contribution in [-0.2, 0) is 13.0 Å². The Balaban J connectivity index is 1.90. The van der Waals surface area contributed by atoms with Crippen molar-refractivity contribution >= 4 is 0 Å². The van der Waals surface area contributed by atoms with Crippen LogP contribution in [0, 0.1) is 12.8 Å². The number of nitrogens with one attached hydrogen (secondary N) is 2. The van der Waals surface area contributed by atoms with Gasteiger partial charge < -0.3 is 10.3 Å². The van der Waals surface area contributed by atoms with Crippen LogP contribution in [0.4, 0.5) is 0 Å². The second-order valence-corrected chi connectivity index (χ2v) is 5.55. The Hall–Kier alpha value is -1.61. The van der Waals surface area contributed by atoms with Gasteiger partial charge in [-0.2, -0.15) is 0 Å². The van der Waals surface area contributed by atoms with Crippen molar-refractivity contribution in [2.75, 3.05) is 6.54 Å². The second kappa shape index (κ2) is 6.53. The van der Waals surface area contributed by atoms with E-state index < -0.39 is 0 Å². The second-order valence-electron chi connectivity index (χ2n) is 5.55. The number of imidazole rings is 1. The lowest BCUT2D eigenvalue weighted by molar-refractivity contribution is 0.548. The molecule has 2 aromatic rings. The summed E-state index contributed by atoms with van der Waals surface area (Å²) in [6.45, 7) is 8.43. The highest BCUT2D eigenvalue weighted by Gasteiger charge is 2.02. The van der Waals surface area contributed by atoms with E-state index in [2.05, 4.69) is 60.3 Å². The van der Waals surface area contributed by atoms with Gasteiger partial charge in [-0.15, -0.1) is 0 Å². The Morgan fingerprint density at radius 2 is 2.16 bits per heavy atom. The Bertz CT molecular complexity index is 514. The van der Waals surface area contributed by atoms with Crippen molar-refractivity contribution in [1.82, 2.24) is 15.3 Å². The molecule has 19 heavy (non-hydrogen) atoms. The molecule has 0 spiro atoms. The highest BCUT2D eigenvalue weighted by atomic mass is 15.0. The lowest BCUT2D eigenvalue weighted by Gasteiger charge is -2.05. The molecule has 0 bridgehead atoms. The van der Waals surface area contributed by atoms with Crippen LogP contribution in [0.3, 0.4) is 0 Å². The van der Waals surface area contributed by atoms with E-state index in [9.17, 15) is 0 Å². The standard InChI is InChI=1S/C16H23N3/c1-12(2)9-17-10-15-11-18-16(19-15)8-14-6-4-5-13(3)7-14/h4-7,11-12,17H,8-10H2,1-3H3,(H,18,19). The average molecular weight is 257 g/mol. The van der Waals surface area contributed by atoms with Crippen molar-refractivity contribution in [3.05, 3.63) is 53.1 Å². The van der Waals surface area contributed by atoms with Gasteiger partial charge in [0.1, 0.15) is 5.82 Å². The number of aryl methyl sites for hydroxylation is 1. The Labute approximate surface area is 115 Å². The summed E-state index contributed by atoms with van der Waals surface area (Å²) in [4.78, 5) is 7.82. The zero-order valence-electron chi connectivity index (χ0n) is 12.0. The first-order chi connectivity index (χ1) is 9.13. The quantitative estimate of drug-likeness (QED) is 0.835. The van der Waals surface area contributed by atoms with Gasteiger partial charge in [0.2, 0.25) is 0 Å². The molecule has 0 aliphatic rings. The normalized spacial score (nSPS) is 11.2. The Kier molecular flexibility index (Phi) is 4.74. The first-order valence-corrected chi connectivity index (χ1v) is 6.92. The number of benzene rings is 1. The van der Waals surface area contributed by atoms with Gasteiger partial charge in [-0.3, -0.25) is 0 Å². The van der Waals surface area contributed by atoms with Crippen molar-refractivity contribution in [2.45, 2.75) is 33.7 Å². The topological polar surface area (TPSA) is 40.7 Å². The zero-order chi connectivity index (χ0) is 13.7. The predicted octanol–water partition coefficient (Wildman–Crippen LogP) is 3.05. The fourth-order valence-corrected chi connectivity index (χ4v) is 2.10. The Morgan fingerprint density at radius 3 is 2.89 bits per heavy atom. The largest absolute Gasteiger partial charge is 0.345 e. The molecule has 0 unspecified atom stereocenters. The van der Waals surface area contributed by atoms with Crippen LogP contribution >= 0.6 is 0 Å². The molecule has 0 aliphatic heterocycles. The molecule has 102 valence electrons. The molecular formula is C16H23N3. The van der Waals surface area contributed by atoms with Crippen molar-refractivity contribution in [2.24, 2.45) is 5.92 Å². The summed E-state index contributed by atoms with van der Waals surface area (Å²) in [5.41, 5.74) is 3.75. The fourth-order valence-electron chi connectivity index (χ4n) is 2.10. The molecule has 0 atom stereocenters. The summed E-state index contributed by atoms with van der Waals surface area (Å²) >= 11 is 0. The minimum absolute atomic E-state index is 0.676. The van der Waals surface area contributed by atoms with E-state index in [0.717, 1.165) is 31.0 Å². The van der Waals surface area contributed by atoms with Gasteiger partial charge in [0.15, 0.2) is 0 Å². The van der Waals surface area contributed by atoms with E-state index in [4.69, 9.17) is 0 Å². The number of rotatable bonds is 6. The smallest absolute Gasteiger partial charge is 0.110 e. The molecule has 0 saturated heterocycles. The molecule has 0 aliphatic carbocycles. The molecule has 1 aromatic carbocycles. The lowest BCUT2D eigenvalue weighted by Crippen LogP contribution is -2.19. The molecular weight excluding hydrogens is 234 g/mol. The molecule has 0 saturated carbocycles. The summed E-state index contributed by atoms with van der Waals surface area (Å²) in [5, 5.41) is 3.42. The summed E-state index contributed by atoms with van der Waals surface area (Å²) in [5.74, 6) is 1.71. The summed E-state index contributed by atoms with van der Waals surface area (Å²) in [6.07, 6.45) is 2.80. The number of hydrogen-bond acceptors (Lipinski definition) is 2. The van der Waals surface area contributed by atoms with Crippen molar-refractivity contribution < 1.29 is 0 Å². The first-order valence-electron chi connectivity index (χ1n) is 6.92. The van der Waals surface area contributed by atoms with E-state index in [1.165, 1.54) is 11.1 Å². The molecule has 0 amide bonds.